The largest absolute Gasteiger partial charge is 0.348 e. The van der Waals surface area contributed by atoms with Gasteiger partial charge in [-0.1, -0.05) is 0 Å². The lowest BCUT2D eigenvalue weighted by Gasteiger charge is -2.27. The Morgan fingerprint density at radius 2 is 2.28 bits per heavy atom. The van der Waals surface area contributed by atoms with Gasteiger partial charge in [0.05, 0.1) is 11.2 Å². The molecule has 3 N–H and O–H groups in total. The molecule has 134 valence electrons. The van der Waals surface area contributed by atoms with E-state index < -0.39 is 0 Å². The molecular formula is C15H20ClN7OS. The van der Waals surface area contributed by atoms with Crippen molar-refractivity contribution in [3.05, 3.63) is 23.8 Å². The van der Waals surface area contributed by atoms with Crippen LogP contribution in [0, 0.1) is 0 Å². The molecule has 0 radical (unpaired) electrons. The molecule has 0 aromatic carbocycles. The Labute approximate surface area is 155 Å². The van der Waals surface area contributed by atoms with Crippen LogP contribution >= 0.6 is 24.2 Å². The molecule has 1 fully saturated rings. The van der Waals surface area contributed by atoms with E-state index in [1.165, 1.54) is 6.33 Å². The van der Waals surface area contributed by atoms with Crippen molar-refractivity contribution in [1.82, 2.24) is 30.6 Å². The number of hydrogen-bond acceptors (Lipinski definition) is 7. The molecule has 2 aromatic rings. The Balaban J connectivity index is 0.00000182. The van der Waals surface area contributed by atoms with Gasteiger partial charge in [0.25, 0.3) is 5.91 Å². The van der Waals surface area contributed by atoms with Crippen LogP contribution in [0.3, 0.4) is 0 Å². The maximum Gasteiger partial charge on any atom is 0.259 e. The van der Waals surface area contributed by atoms with Gasteiger partial charge in [0.15, 0.2) is 17.0 Å². The second kappa shape index (κ2) is 8.03. The van der Waals surface area contributed by atoms with E-state index in [2.05, 4.69) is 30.6 Å². The zero-order valence-corrected chi connectivity index (χ0v) is 15.2. The number of hydrogen-bond donors (Lipinski definition) is 3. The summed E-state index contributed by atoms with van der Waals surface area (Å²) in [6.07, 6.45) is 7.12. The van der Waals surface area contributed by atoms with Gasteiger partial charge >= 0.3 is 0 Å². The third-order valence-electron chi connectivity index (χ3n) is 4.19. The van der Waals surface area contributed by atoms with Crippen LogP contribution < -0.4 is 15.5 Å². The van der Waals surface area contributed by atoms with E-state index in [9.17, 15) is 4.79 Å². The summed E-state index contributed by atoms with van der Waals surface area (Å²) in [6.45, 7) is 2.66. The number of nitrogens with zero attached hydrogens (tertiary/aromatic N) is 4. The first-order chi connectivity index (χ1) is 11.8. The second-order valence-electron chi connectivity index (χ2n) is 5.85. The minimum absolute atomic E-state index is 0. The Bertz CT molecular complexity index is 774. The van der Waals surface area contributed by atoms with Gasteiger partial charge in [0.2, 0.25) is 0 Å². The number of rotatable bonds is 3. The summed E-state index contributed by atoms with van der Waals surface area (Å²) >= 11 is 1.58. The van der Waals surface area contributed by atoms with Crippen molar-refractivity contribution in [2.75, 3.05) is 30.3 Å². The van der Waals surface area contributed by atoms with Crippen molar-refractivity contribution in [3.8, 4) is 0 Å². The number of thioether (sulfide) groups is 1. The number of piperidine rings is 1. The van der Waals surface area contributed by atoms with Crippen LogP contribution in [0.1, 0.15) is 12.8 Å². The summed E-state index contributed by atoms with van der Waals surface area (Å²) in [5.74, 6) is 1.55. The molecule has 4 heterocycles. The van der Waals surface area contributed by atoms with Gasteiger partial charge in [0.1, 0.15) is 6.33 Å². The van der Waals surface area contributed by atoms with Crippen LogP contribution in [0.25, 0.3) is 11.2 Å². The maximum atomic E-state index is 12.5. The zero-order valence-electron chi connectivity index (χ0n) is 13.6. The molecule has 1 saturated heterocycles. The molecule has 1 amide bonds. The molecule has 2 aliphatic rings. The molecule has 10 heteroatoms. The third kappa shape index (κ3) is 3.88. The fourth-order valence-electron chi connectivity index (χ4n) is 2.98. The summed E-state index contributed by atoms with van der Waals surface area (Å²) in [6, 6.07) is 0.209. The molecule has 2 aromatic heterocycles. The van der Waals surface area contributed by atoms with E-state index in [1.807, 2.05) is 11.1 Å². The minimum Gasteiger partial charge on any atom is -0.348 e. The van der Waals surface area contributed by atoms with Crippen molar-refractivity contribution in [2.24, 2.45) is 0 Å². The third-order valence-corrected chi connectivity index (χ3v) is 5.18. The topological polar surface area (TPSA) is 98.8 Å². The van der Waals surface area contributed by atoms with Crippen LogP contribution in [-0.2, 0) is 4.79 Å². The number of aromatic amines is 1. The predicted octanol–water partition coefficient (Wildman–Crippen LogP) is 1.04. The lowest BCUT2D eigenvalue weighted by atomic mass is 10.1. The molecule has 0 aliphatic carbocycles. The number of carbonyl (C=O) groups is 1. The molecule has 4 rings (SSSR count). The first-order valence-electron chi connectivity index (χ1n) is 8.08. The number of anilines is 1. The molecule has 0 saturated carbocycles. The smallest absolute Gasteiger partial charge is 0.259 e. The number of amides is 1. The molecule has 8 nitrogen and oxygen atoms in total. The van der Waals surface area contributed by atoms with Crippen molar-refractivity contribution >= 4 is 47.1 Å². The molecule has 1 atom stereocenters. The van der Waals surface area contributed by atoms with Crippen LogP contribution in [0.4, 0.5) is 5.82 Å². The van der Waals surface area contributed by atoms with E-state index in [0.29, 0.717) is 10.6 Å². The van der Waals surface area contributed by atoms with E-state index in [1.54, 1.807) is 18.1 Å². The SMILES string of the molecule is Cl.O=C(N[C@@H]1CCCNC1)C1=CN(c2ncnc3[nH]cnc23)CCS1. The van der Waals surface area contributed by atoms with Crippen molar-refractivity contribution in [2.45, 2.75) is 18.9 Å². The Morgan fingerprint density at radius 1 is 1.36 bits per heavy atom. The van der Waals surface area contributed by atoms with Gasteiger partial charge in [0, 0.05) is 31.1 Å². The maximum absolute atomic E-state index is 12.5. The van der Waals surface area contributed by atoms with Crippen LogP contribution in [0.5, 0.6) is 0 Å². The second-order valence-corrected chi connectivity index (χ2v) is 6.99. The highest BCUT2D eigenvalue weighted by Crippen LogP contribution is 2.28. The van der Waals surface area contributed by atoms with Crippen molar-refractivity contribution in [3.63, 3.8) is 0 Å². The summed E-state index contributed by atoms with van der Waals surface area (Å²) in [4.78, 5) is 31.0. The number of imidazole rings is 1. The molecule has 0 spiro atoms. The van der Waals surface area contributed by atoms with Gasteiger partial charge in [-0.05, 0) is 19.4 Å². The van der Waals surface area contributed by atoms with Gasteiger partial charge < -0.3 is 20.5 Å². The summed E-state index contributed by atoms with van der Waals surface area (Å²) in [5, 5.41) is 6.44. The number of carbonyl (C=O) groups excluding carboxylic acids is 1. The average Bonchev–Trinajstić information content (AvgIpc) is 3.11. The van der Waals surface area contributed by atoms with Crippen molar-refractivity contribution in [1.29, 1.82) is 0 Å². The fraction of sp³-hybridized carbons (Fsp3) is 0.467. The monoisotopic (exact) mass is 381 g/mol. The number of H-pyrrole nitrogens is 1. The molecule has 25 heavy (non-hydrogen) atoms. The normalized spacial score (nSPS) is 20.7. The van der Waals surface area contributed by atoms with E-state index in [-0.39, 0.29) is 24.4 Å². The van der Waals surface area contributed by atoms with Gasteiger partial charge in [-0.25, -0.2) is 15.0 Å². The Hall–Kier alpha value is -1.84. The van der Waals surface area contributed by atoms with E-state index >= 15 is 0 Å². The van der Waals surface area contributed by atoms with Gasteiger partial charge in [-0.3, -0.25) is 4.79 Å². The summed E-state index contributed by atoms with van der Waals surface area (Å²) in [7, 11) is 0. The summed E-state index contributed by atoms with van der Waals surface area (Å²) < 4.78 is 0. The lowest BCUT2D eigenvalue weighted by Crippen LogP contribution is -2.46. The highest BCUT2D eigenvalue weighted by molar-refractivity contribution is 8.04. The molecule has 2 aliphatic heterocycles. The number of nitrogens with one attached hydrogen (secondary N) is 3. The summed E-state index contributed by atoms with van der Waals surface area (Å²) in [5.41, 5.74) is 1.42. The zero-order chi connectivity index (χ0) is 16.4. The predicted molar refractivity (Wildman–Crippen MR) is 101 cm³/mol. The van der Waals surface area contributed by atoms with E-state index in [0.717, 1.165) is 49.6 Å². The molecule has 0 bridgehead atoms. The van der Waals surface area contributed by atoms with Gasteiger partial charge in [-0.2, -0.15) is 0 Å². The Morgan fingerprint density at radius 3 is 3.12 bits per heavy atom. The van der Waals surface area contributed by atoms with Crippen LogP contribution in [0.15, 0.2) is 23.8 Å². The average molecular weight is 382 g/mol. The minimum atomic E-state index is -0.00859. The number of fused-ring (bicyclic) bond motifs is 1. The first-order valence-corrected chi connectivity index (χ1v) is 9.07. The number of halogens is 1. The first kappa shape index (κ1) is 18.0. The van der Waals surface area contributed by atoms with E-state index in [4.69, 9.17) is 0 Å². The molecule has 0 unspecified atom stereocenters. The standard InChI is InChI=1S/C15H19N7OS.ClH/c23-15(21-10-2-1-3-16-6-10)11-7-22(4-5-24-11)14-12-13(18-8-17-12)19-9-20-14;/h7-10,16H,1-6H2,(H,21,23)(H,17,18,19,20);1H/t10-;/m1./s1. The van der Waals surface area contributed by atoms with Crippen LogP contribution in [-0.4, -0.2) is 57.3 Å². The quantitative estimate of drug-likeness (QED) is 0.730. The molecular weight excluding hydrogens is 362 g/mol. The fourth-order valence-corrected chi connectivity index (χ4v) is 3.88. The highest BCUT2D eigenvalue weighted by atomic mass is 35.5. The van der Waals surface area contributed by atoms with Gasteiger partial charge in [-0.15, -0.1) is 24.2 Å². The highest BCUT2D eigenvalue weighted by Gasteiger charge is 2.23. The lowest BCUT2D eigenvalue weighted by molar-refractivity contribution is -0.117. The van der Waals surface area contributed by atoms with Crippen LogP contribution in [0.2, 0.25) is 0 Å². The van der Waals surface area contributed by atoms with Crippen molar-refractivity contribution < 1.29 is 4.79 Å². The Kier molecular flexibility index (Phi) is 5.77. The number of aromatic nitrogens is 4.